The minimum absolute atomic E-state index is 0.177. The number of ether oxygens (including phenoxy) is 1. The van der Waals surface area contributed by atoms with E-state index < -0.39 is 5.97 Å². The largest absolute Gasteiger partial charge is 0.494 e. The molecule has 0 unspecified atom stereocenters. The van der Waals surface area contributed by atoms with Gasteiger partial charge in [-0.05, 0) is 42.5 Å². The molecule has 0 saturated carbocycles. The van der Waals surface area contributed by atoms with E-state index in [1.54, 1.807) is 0 Å². The van der Waals surface area contributed by atoms with Gasteiger partial charge in [0, 0.05) is 6.42 Å². The Labute approximate surface area is 137 Å². The zero-order valence-electron chi connectivity index (χ0n) is 13.2. The molecule has 120 valence electrons. The lowest BCUT2D eigenvalue weighted by Gasteiger charge is -2.04. The fraction of sp³-hybridized carbons (Fsp3) is 0.250. The van der Waals surface area contributed by atoms with Gasteiger partial charge in [-0.1, -0.05) is 54.6 Å². The summed E-state index contributed by atoms with van der Waals surface area (Å²) >= 11 is 0. The monoisotopic (exact) mass is 310 g/mol. The maximum absolute atomic E-state index is 10.5. The summed E-state index contributed by atoms with van der Waals surface area (Å²) in [6.45, 7) is 0.711. The van der Waals surface area contributed by atoms with Crippen molar-refractivity contribution in [2.24, 2.45) is 0 Å². The van der Waals surface area contributed by atoms with Gasteiger partial charge < -0.3 is 9.84 Å². The van der Waals surface area contributed by atoms with Crippen LogP contribution in [0.5, 0.6) is 5.75 Å². The molecule has 0 bridgehead atoms. The average molecular weight is 310 g/mol. The van der Waals surface area contributed by atoms with Crippen LogP contribution in [-0.4, -0.2) is 17.7 Å². The van der Waals surface area contributed by atoms with E-state index in [2.05, 4.69) is 12.2 Å². The Morgan fingerprint density at radius 3 is 2.48 bits per heavy atom. The summed E-state index contributed by atoms with van der Waals surface area (Å²) in [5.74, 6) is 0.153. The van der Waals surface area contributed by atoms with Crippen molar-refractivity contribution in [1.29, 1.82) is 0 Å². The number of allylic oxidation sites excluding steroid dienone is 1. The molecule has 2 aromatic carbocycles. The van der Waals surface area contributed by atoms with E-state index in [-0.39, 0.29) is 6.42 Å². The molecular formula is C20H22O3. The third-order valence-electron chi connectivity index (χ3n) is 3.44. The van der Waals surface area contributed by atoms with Crippen LogP contribution in [0.1, 0.15) is 30.4 Å². The molecule has 3 heteroatoms. The molecule has 0 saturated heterocycles. The molecular weight excluding hydrogens is 288 g/mol. The maximum atomic E-state index is 10.5. The predicted octanol–water partition coefficient (Wildman–Crippen LogP) is 4.58. The van der Waals surface area contributed by atoms with Crippen molar-refractivity contribution in [1.82, 2.24) is 0 Å². The summed E-state index contributed by atoms with van der Waals surface area (Å²) in [7, 11) is 0. The highest BCUT2D eigenvalue weighted by molar-refractivity contribution is 5.67. The number of aliphatic carboxylic acids is 1. The zero-order valence-corrected chi connectivity index (χ0v) is 13.2. The van der Waals surface area contributed by atoms with Crippen molar-refractivity contribution in [3.63, 3.8) is 0 Å². The minimum atomic E-state index is -0.758. The van der Waals surface area contributed by atoms with E-state index in [0.29, 0.717) is 13.0 Å². The van der Waals surface area contributed by atoms with Gasteiger partial charge in [0.15, 0.2) is 0 Å². The van der Waals surface area contributed by atoms with E-state index in [1.165, 1.54) is 0 Å². The van der Waals surface area contributed by atoms with E-state index in [1.807, 2.05) is 54.6 Å². The molecule has 0 fully saturated rings. The van der Waals surface area contributed by atoms with Crippen LogP contribution in [0.15, 0.2) is 60.7 Å². The maximum Gasteiger partial charge on any atom is 0.303 e. The van der Waals surface area contributed by atoms with Crippen LogP contribution >= 0.6 is 0 Å². The number of rotatable bonds is 9. The van der Waals surface area contributed by atoms with Crippen LogP contribution in [-0.2, 0) is 11.2 Å². The highest BCUT2D eigenvalue weighted by Gasteiger charge is 1.98. The van der Waals surface area contributed by atoms with Gasteiger partial charge in [-0.25, -0.2) is 0 Å². The van der Waals surface area contributed by atoms with Crippen LogP contribution in [0.2, 0.25) is 0 Å². The van der Waals surface area contributed by atoms with Gasteiger partial charge in [-0.15, -0.1) is 0 Å². The van der Waals surface area contributed by atoms with Crippen LogP contribution in [0.25, 0.3) is 6.08 Å². The second-order valence-electron chi connectivity index (χ2n) is 5.34. The number of carboxylic acid groups (broad SMARTS) is 1. The van der Waals surface area contributed by atoms with Crippen molar-refractivity contribution in [2.75, 3.05) is 6.61 Å². The Morgan fingerprint density at radius 1 is 1.04 bits per heavy atom. The van der Waals surface area contributed by atoms with E-state index in [0.717, 1.165) is 29.7 Å². The first kappa shape index (κ1) is 16.8. The van der Waals surface area contributed by atoms with Gasteiger partial charge >= 0.3 is 5.97 Å². The third-order valence-corrected chi connectivity index (χ3v) is 3.44. The molecule has 2 aromatic rings. The number of hydrogen-bond acceptors (Lipinski definition) is 2. The van der Waals surface area contributed by atoms with Gasteiger partial charge in [0.1, 0.15) is 5.75 Å². The number of carboxylic acids is 1. The van der Waals surface area contributed by atoms with Gasteiger partial charge in [0.25, 0.3) is 0 Å². The van der Waals surface area contributed by atoms with Gasteiger partial charge in [0.05, 0.1) is 6.61 Å². The Bertz CT molecular complexity index is 615. The summed E-state index contributed by atoms with van der Waals surface area (Å²) < 4.78 is 5.64. The summed E-state index contributed by atoms with van der Waals surface area (Å²) in [5.41, 5.74) is 2.19. The third kappa shape index (κ3) is 6.83. The van der Waals surface area contributed by atoms with Crippen LogP contribution < -0.4 is 4.74 Å². The molecule has 1 N–H and O–H groups in total. The van der Waals surface area contributed by atoms with Crippen LogP contribution in [0.3, 0.4) is 0 Å². The molecule has 23 heavy (non-hydrogen) atoms. The Kier molecular flexibility index (Phi) is 6.92. The molecule has 0 aliphatic heterocycles. The van der Waals surface area contributed by atoms with Gasteiger partial charge in [-0.3, -0.25) is 4.79 Å². The van der Waals surface area contributed by atoms with Gasteiger partial charge in [-0.2, -0.15) is 0 Å². The minimum Gasteiger partial charge on any atom is -0.494 e. The second kappa shape index (κ2) is 9.46. The van der Waals surface area contributed by atoms with Crippen molar-refractivity contribution in [2.45, 2.75) is 25.7 Å². The van der Waals surface area contributed by atoms with Crippen LogP contribution in [0.4, 0.5) is 0 Å². The van der Waals surface area contributed by atoms with Crippen LogP contribution in [0, 0.1) is 0 Å². The molecule has 0 radical (unpaired) electrons. The highest BCUT2D eigenvalue weighted by atomic mass is 16.5. The van der Waals surface area contributed by atoms with Crippen molar-refractivity contribution in [3.8, 4) is 5.75 Å². The van der Waals surface area contributed by atoms with Crippen molar-refractivity contribution >= 4 is 12.0 Å². The number of aryl methyl sites for hydroxylation is 1. The molecule has 0 heterocycles. The summed E-state index contributed by atoms with van der Waals surface area (Å²) in [5, 5.41) is 8.67. The summed E-state index contributed by atoms with van der Waals surface area (Å²) in [6, 6.07) is 17.8. The molecule has 3 nitrogen and oxygen atoms in total. The molecule has 0 aromatic heterocycles. The second-order valence-corrected chi connectivity index (χ2v) is 5.34. The lowest BCUT2D eigenvalue weighted by Crippen LogP contribution is -1.97. The first-order valence-corrected chi connectivity index (χ1v) is 7.89. The number of carbonyl (C=O) groups is 1. The average Bonchev–Trinajstić information content (AvgIpc) is 2.58. The number of hydrogen-bond donors (Lipinski definition) is 1. The first-order valence-electron chi connectivity index (χ1n) is 7.89. The topological polar surface area (TPSA) is 46.5 Å². The molecule has 2 rings (SSSR count). The zero-order chi connectivity index (χ0) is 16.3. The lowest BCUT2D eigenvalue weighted by atomic mass is 10.1. The van der Waals surface area contributed by atoms with E-state index >= 15 is 0 Å². The molecule has 0 aliphatic carbocycles. The fourth-order valence-electron chi connectivity index (χ4n) is 2.17. The summed E-state index contributed by atoms with van der Waals surface area (Å²) in [6.07, 6.45) is 6.92. The van der Waals surface area contributed by atoms with E-state index in [9.17, 15) is 4.79 Å². The molecule has 0 spiro atoms. The Morgan fingerprint density at radius 2 is 1.78 bits per heavy atom. The predicted molar refractivity (Wildman–Crippen MR) is 92.6 cm³/mol. The number of unbranched alkanes of at least 4 members (excludes halogenated alkanes) is 1. The molecule has 0 atom stereocenters. The standard InChI is InChI=1S/C20H22O3/c21-20(22)15-14-18-12-10-17(11-13-18)7-3-2-6-16-23-19-8-4-1-5-9-19/h1,3-5,7-13H,2,6,14-16H2,(H,21,22). The Hall–Kier alpha value is -2.55. The smallest absolute Gasteiger partial charge is 0.303 e. The molecule has 0 amide bonds. The summed E-state index contributed by atoms with van der Waals surface area (Å²) in [4.78, 5) is 10.5. The normalized spacial score (nSPS) is 10.8. The SMILES string of the molecule is O=C(O)CCc1ccc(C=CCCCOc2ccccc2)cc1. The molecule has 0 aliphatic rings. The van der Waals surface area contributed by atoms with Crippen molar-refractivity contribution < 1.29 is 14.6 Å². The highest BCUT2D eigenvalue weighted by Crippen LogP contribution is 2.11. The van der Waals surface area contributed by atoms with Gasteiger partial charge in [0.2, 0.25) is 0 Å². The number of para-hydroxylation sites is 1. The Balaban J connectivity index is 1.66. The lowest BCUT2D eigenvalue weighted by molar-refractivity contribution is -0.136. The quantitative estimate of drug-likeness (QED) is 0.690. The van der Waals surface area contributed by atoms with E-state index in [4.69, 9.17) is 9.84 Å². The first-order chi connectivity index (χ1) is 11.2. The number of benzene rings is 2. The fourth-order valence-corrected chi connectivity index (χ4v) is 2.17. The van der Waals surface area contributed by atoms with Crippen molar-refractivity contribution in [3.05, 3.63) is 71.8 Å².